The Morgan fingerprint density at radius 3 is 2.59 bits per heavy atom. The summed E-state index contributed by atoms with van der Waals surface area (Å²) in [5.41, 5.74) is 12.8. The van der Waals surface area contributed by atoms with E-state index in [0.29, 0.717) is 16.9 Å². The van der Waals surface area contributed by atoms with E-state index < -0.39 is 22.9 Å². The van der Waals surface area contributed by atoms with Crippen LogP contribution >= 0.6 is 0 Å². The zero-order chi connectivity index (χ0) is 23.0. The van der Waals surface area contributed by atoms with Crippen molar-refractivity contribution in [3.05, 3.63) is 87.7 Å². The third kappa shape index (κ3) is 2.26. The zero-order valence-corrected chi connectivity index (χ0v) is 18.0. The van der Waals surface area contributed by atoms with Gasteiger partial charge in [-0.3, -0.25) is 14.6 Å². The fourth-order valence-corrected chi connectivity index (χ4v) is 4.99. The lowest BCUT2D eigenvalue weighted by molar-refractivity contribution is -0.155. The van der Waals surface area contributed by atoms with E-state index in [1.807, 2.05) is 26.0 Å². The van der Waals surface area contributed by atoms with Gasteiger partial charge in [0.05, 0.1) is 16.8 Å². The lowest BCUT2D eigenvalue weighted by atomic mass is 9.69. The lowest BCUT2D eigenvalue weighted by Gasteiger charge is -2.34. The fourth-order valence-electron chi connectivity index (χ4n) is 4.99. The normalized spacial score (nSPS) is 23.0. The van der Waals surface area contributed by atoms with Crippen molar-refractivity contribution in [1.82, 2.24) is 4.98 Å². The minimum atomic E-state index is -2.14. The van der Waals surface area contributed by atoms with Crippen molar-refractivity contribution in [2.45, 2.75) is 37.9 Å². The summed E-state index contributed by atoms with van der Waals surface area (Å²) < 4.78 is 6.17. The maximum Gasteiger partial charge on any atom is 0.258 e. The molecule has 2 aromatic carbocycles. The molecule has 32 heavy (non-hydrogen) atoms. The number of hydrogen-bond donors (Lipinski definition) is 3. The highest BCUT2D eigenvalue weighted by atomic mass is 16.6. The maximum atomic E-state index is 14.2. The number of rotatable bonds is 3. The van der Waals surface area contributed by atoms with E-state index in [-0.39, 0.29) is 34.0 Å². The van der Waals surface area contributed by atoms with E-state index in [9.17, 15) is 14.7 Å². The first kappa shape index (κ1) is 20.2. The lowest BCUT2D eigenvalue weighted by Crippen LogP contribution is -2.51. The van der Waals surface area contributed by atoms with E-state index in [2.05, 4.69) is 4.98 Å². The number of ketones is 1. The molecule has 0 bridgehead atoms. The number of amides is 1. The standard InChI is InChI=1S/C25H23N3O4/c1-12(2)14-7-8-16-19(10-14)32-25(31)17-5-4-6-18(26)20(17)22(29)24(16,25)21-15(23(27)30)9-13(3)11-28-21/h4-12,31H,26H2,1-3H3,(H2,27,30). The Balaban J connectivity index is 1.93. The highest BCUT2D eigenvalue weighted by Crippen LogP contribution is 2.63. The number of aromatic nitrogens is 1. The predicted octanol–water partition coefficient (Wildman–Crippen LogP) is 2.91. The van der Waals surface area contributed by atoms with Gasteiger partial charge in [-0.2, -0.15) is 0 Å². The minimum Gasteiger partial charge on any atom is -0.456 e. The van der Waals surface area contributed by atoms with Crippen LogP contribution in [0, 0.1) is 6.92 Å². The highest BCUT2D eigenvalue weighted by molar-refractivity contribution is 6.17. The minimum absolute atomic E-state index is 0.0486. The van der Waals surface area contributed by atoms with Gasteiger partial charge in [-0.15, -0.1) is 0 Å². The SMILES string of the molecule is Cc1cnc(C23C(=O)c4c(N)cccc4C2(O)Oc2cc(C(C)C)ccc23)c(C(N)=O)c1. The molecule has 3 aromatic rings. The van der Waals surface area contributed by atoms with Gasteiger partial charge in [0.25, 0.3) is 11.7 Å². The molecule has 1 aliphatic carbocycles. The van der Waals surface area contributed by atoms with Crippen molar-refractivity contribution in [3.8, 4) is 5.75 Å². The predicted molar refractivity (Wildman–Crippen MR) is 119 cm³/mol. The van der Waals surface area contributed by atoms with E-state index in [0.717, 1.165) is 5.56 Å². The molecular weight excluding hydrogens is 406 g/mol. The number of aryl methyl sites for hydroxylation is 1. The molecule has 0 saturated heterocycles. The van der Waals surface area contributed by atoms with Gasteiger partial charge in [0.1, 0.15) is 5.75 Å². The molecule has 162 valence electrons. The number of nitrogen functional groups attached to an aromatic ring is 1. The Morgan fingerprint density at radius 2 is 1.91 bits per heavy atom. The number of Topliss-reactive ketones (excluding diaryl/α,β-unsaturated/α-hetero) is 1. The molecule has 1 aliphatic heterocycles. The van der Waals surface area contributed by atoms with Gasteiger partial charge in [0.2, 0.25) is 0 Å². The van der Waals surface area contributed by atoms with Crippen molar-refractivity contribution < 1.29 is 19.4 Å². The number of primary amides is 1. The van der Waals surface area contributed by atoms with Crippen LogP contribution in [0.4, 0.5) is 5.69 Å². The van der Waals surface area contributed by atoms with E-state index in [4.69, 9.17) is 16.2 Å². The number of anilines is 1. The fraction of sp³-hybridized carbons (Fsp3) is 0.240. The second kappa shape index (κ2) is 6.40. The third-order valence-electron chi connectivity index (χ3n) is 6.52. The van der Waals surface area contributed by atoms with Crippen molar-refractivity contribution in [1.29, 1.82) is 0 Å². The molecule has 1 amide bonds. The summed E-state index contributed by atoms with van der Waals surface area (Å²) >= 11 is 0. The molecule has 5 rings (SSSR count). The molecule has 0 radical (unpaired) electrons. The second-order valence-corrected chi connectivity index (χ2v) is 8.78. The number of fused-ring (bicyclic) bond motifs is 5. The summed E-state index contributed by atoms with van der Waals surface area (Å²) in [6, 6.07) is 11.9. The van der Waals surface area contributed by atoms with Crippen molar-refractivity contribution in [2.75, 3.05) is 5.73 Å². The van der Waals surface area contributed by atoms with Crippen LogP contribution < -0.4 is 16.2 Å². The first-order valence-electron chi connectivity index (χ1n) is 10.4. The molecule has 7 heteroatoms. The van der Waals surface area contributed by atoms with Gasteiger partial charge in [-0.05, 0) is 42.2 Å². The van der Waals surface area contributed by atoms with Crippen LogP contribution in [0.25, 0.3) is 0 Å². The first-order chi connectivity index (χ1) is 15.1. The summed E-state index contributed by atoms with van der Waals surface area (Å²) in [6.45, 7) is 5.84. The smallest absolute Gasteiger partial charge is 0.258 e. The molecule has 2 aliphatic rings. The Morgan fingerprint density at radius 1 is 1.16 bits per heavy atom. The van der Waals surface area contributed by atoms with Crippen molar-refractivity contribution >= 4 is 17.4 Å². The molecule has 5 N–H and O–H groups in total. The molecule has 7 nitrogen and oxygen atoms in total. The molecule has 0 spiro atoms. The number of nitrogens with zero attached hydrogens (tertiary/aromatic N) is 1. The Bertz CT molecular complexity index is 1330. The number of aliphatic hydroxyl groups is 1. The number of ether oxygens (including phenoxy) is 1. The Labute approximate surface area is 185 Å². The topological polar surface area (TPSA) is 129 Å². The molecular formula is C25H23N3O4. The van der Waals surface area contributed by atoms with Gasteiger partial charge < -0.3 is 21.3 Å². The average molecular weight is 429 g/mol. The average Bonchev–Trinajstić information content (AvgIpc) is 3.12. The quantitative estimate of drug-likeness (QED) is 0.549. The van der Waals surface area contributed by atoms with Gasteiger partial charge in [0.15, 0.2) is 11.2 Å². The van der Waals surface area contributed by atoms with Gasteiger partial charge in [-0.25, -0.2) is 0 Å². The van der Waals surface area contributed by atoms with Crippen molar-refractivity contribution in [3.63, 3.8) is 0 Å². The van der Waals surface area contributed by atoms with Crippen LogP contribution in [0.1, 0.15) is 68.4 Å². The third-order valence-corrected chi connectivity index (χ3v) is 6.52. The summed E-state index contributed by atoms with van der Waals surface area (Å²) in [5.74, 6) is -2.82. The summed E-state index contributed by atoms with van der Waals surface area (Å²) in [7, 11) is 0. The maximum absolute atomic E-state index is 14.2. The van der Waals surface area contributed by atoms with Crippen molar-refractivity contribution in [2.24, 2.45) is 5.73 Å². The molecule has 2 heterocycles. The van der Waals surface area contributed by atoms with Crippen LogP contribution in [-0.2, 0) is 11.2 Å². The van der Waals surface area contributed by atoms with Crippen LogP contribution in [0.15, 0.2) is 48.7 Å². The molecule has 1 aromatic heterocycles. The number of benzene rings is 2. The largest absolute Gasteiger partial charge is 0.456 e. The monoisotopic (exact) mass is 429 g/mol. The van der Waals surface area contributed by atoms with Crippen LogP contribution in [0.3, 0.4) is 0 Å². The number of carbonyl (C=O) groups excluding carboxylic acids is 2. The number of nitrogens with two attached hydrogens (primary N) is 2. The summed E-state index contributed by atoms with van der Waals surface area (Å²) in [5, 5.41) is 12.1. The highest BCUT2D eigenvalue weighted by Gasteiger charge is 2.73. The van der Waals surface area contributed by atoms with Gasteiger partial charge >= 0.3 is 0 Å². The van der Waals surface area contributed by atoms with Gasteiger partial charge in [0, 0.05) is 23.0 Å². The van der Waals surface area contributed by atoms with E-state index in [1.54, 1.807) is 37.3 Å². The van der Waals surface area contributed by atoms with Crippen LogP contribution in [-0.4, -0.2) is 21.8 Å². The number of hydrogen-bond acceptors (Lipinski definition) is 6. The van der Waals surface area contributed by atoms with E-state index >= 15 is 0 Å². The first-order valence-corrected chi connectivity index (χ1v) is 10.4. The molecule has 0 saturated carbocycles. The van der Waals surface area contributed by atoms with Gasteiger partial charge in [-0.1, -0.05) is 38.1 Å². The number of pyridine rings is 1. The molecule has 2 unspecified atom stereocenters. The van der Waals surface area contributed by atoms with Crippen LogP contribution in [0.2, 0.25) is 0 Å². The number of carbonyl (C=O) groups is 2. The second-order valence-electron chi connectivity index (χ2n) is 8.78. The summed E-state index contributed by atoms with van der Waals surface area (Å²) in [6.07, 6.45) is 1.54. The van der Waals surface area contributed by atoms with Crippen LogP contribution in [0.5, 0.6) is 5.75 Å². The summed E-state index contributed by atoms with van der Waals surface area (Å²) in [4.78, 5) is 31.1. The zero-order valence-electron chi connectivity index (χ0n) is 18.0. The molecule has 2 atom stereocenters. The molecule has 0 fully saturated rings. The Kier molecular flexibility index (Phi) is 4.04. The van der Waals surface area contributed by atoms with E-state index in [1.165, 1.54) is 6.20 Å². The Hall–Kier alpha value is -3.71.